The molecule has 0 saturated carbocycles. The molecule has 1 aromatic rings. The average Bonchev–Trinajstić information content (AvgIpc) is 2.54. The summed E-state index contributed by atoms with van der Waals surface area (Å²) in [7, 11) is 0. The number of benzene rings is 1. The van der Waals surface area contributed by atoms with Crippen molar-refractivity contribution in [3.8, 4) is 0 Å². The van der Waals surface area contributed by atoms with E-state index < -0.39 is 0 Å². The molecule has 3 atom stereocenters. The van der Waals surface area contributed by atoms with Gasteiger partial charge in [-0.25, -0.2) is 0 Å². The molecular formula is C13H17NO2. The summed E-state index contributed by atoms with van der Waals surface area (Å²) >= 11 is 0. The molecule has 0 aromatic heterocycles. The van der Waals surface area contributed by atoms with Crippen molar-refractivity contribution in [1.82, 2.24) is 4.90 Å². The molecule has 1 aromatic carbocycles. The highest BCUT2D eigenvalue weighted by Gasteiger charge is 2.41. The van der Waals surface area contributed by atoms with Crippen LogP contribution in [-0.2, 0) is 11.3 Å². The van der Waals surface area contributed by atoms with Crippen molar-refractivity contribution >= 4 is 0 Å². The Kier molecular flexibility index (Phi) is 2.67. The molecule has 3 rings (SSSR count). The van der Waals surface area contributed by atoms with E-state index in [4.69, 9.17) is 4.74 Å². The van der Waals surface area contributed by atoms with Gasteiger partial charge in [0.1, 0.15) is 0 Å². The summed E-state index contributed by atoms with van der Waals surface area (Å²) in [5.41, 5.74) is 1.33. The summed E-state index contributed by atoms with van der Waals surface area (Å²) in [5, 5.41) is 9.84. The smallest absolute Gasteiger partial charge is 0.0964 e. The van der Waals surface area contributed by atoms with Crippen LogP contribution >= 0.6 is 0 Å². The molecule has 2 aliphatic rings. The Labute approximate surface area is 95.6 Å². The third kappa shape index (κ3) is 1.86. The van der Waals surface area contributed by atoms with E-state index in [0.717, 1.165) is 26.2 Å². The zero-order chi connectivity index (χ0) is 11.0. The van der Waals surface area contributed by atoms with Crippen molar-refractivity contribution in [1.29, 1.82) is 0 Å². The van der Waals surface area contributed by atoms with E-state index in [9.17, 15) is 5.11 Å². The fourth-order valence-corrected chi connectivity index (χ4v) is 2.70. The Morgan fingerprint density at radius 2 is 2.06 bits per heavy atom. The van der Waals surface area contributed by atoms with E-state index in [2.05, 4.69) is 29.2 Å². The van der Waals surface area contributed by atoms with Crippen molar-refractivity contribution < 1.29 is 9.84 Å². The largest absolute Gasteiger partial charge is 0.390 e. The summed E-state index contributed by atoms with van der Waals surface area (Å²) in [5.74, 6) is 0.308. The number of aliphatic hydroxyl groups excluding tert-OH is 1. The van der Waals surface area contributed by atoms with Crippen LogP contribution in [0.15, 0.2) is 30.3 Å². The van der Waals surface area contributed by atoms with Crippen molar-refractivity contribution in [3.05, 3.63) is 35.9 Å². The Hall–Kier alpha value is -0.900. The van der Waals surface area contributed by atoms with Gasteiger partial charge >= 0.3 is 0 Å². The van der Waals surface area contributed by atoms with Crippen LogP contribution in [0.1, 0.15) is 5.56 Å². The van der Waals surface area contributed by atoms with Gasteiger partial charge in [-0.3, -0.25) is 4.90 Å². The van der Waals surface area contributed by atoms with Crippen LogP contribution in [0.3, 0.4) is 0 Å². The van der Waals surface area contributed by atoms with Gasteiger partial charge in [0, 0.05) is 25.6 Å². The Morgan fingerprint density at radius 1 is 1.25 bits per heavy atom. The minimum Gasteiger partial charge on any atom is -0.390 e. The first-order valence-corrected chi connectivity index (χ1v) is 5.89. The summed E-state index contributed by atoms with van der Waals surface area (Å²) in [6.45, 7) is 3.49. The minimum atomic E-state index is -0.243. The van der Waals surface area contributed by atoms with Gasteiger partial charge in [-0.15, -0.1) is 0 Å². The number of likely N-dealkylation sites (tertiary alicyclic amines) is 1. The van der Waals surface area contributed by atoms with E-state index in [1.165, 1.54) is 5.56 Å². The van der Waals surface area contributed by atoms with E-state index in [1.54, 1.807) is 0 Å². The van der Waals surface area contributed by atoms with Crippen molar-refractivity contribution in [3.63, 3.8) is 0 Å². The maximum atomic E-state index is 9.84. The molecule has 2 bridgehead atoms. The Balaban J connectivity index is 1.66. The van der Waals surface area contributed by atoms with Crippen LogP contribution in [0.4, 0.5) is 0 Å². The topological polar surface area (TPSA) is 32.7 Å². The second-order valence-electron chi connectivity index (χ2n) is 4.80. The van der Waals surface area contributed by atoms with Gasteiger partial charge in [0.05, 0.1) is 18.8 Å². The number of hydrogen-bond acceptors (Lipinski definition) is 3. The Bertz CT molecular complexity index is 340. The van der Waals surface area contributed by atoms with Gasteiger partial charge in [0.2, 0.25) is 0 Å². The lowest BCUT2D eigenvalue weighted by atomic mass is 9.96. The molecule has 86 valence electrons. The van der Waals surface area contributed by atoms with Crippen LogP contribution in [-0.4, -0.2) is 41.9 Å². The van der Waals surface area contributed by atoms with Gasteiger partial charge in [0.15, 0.2) is 0 Å². The van der Waals surface area contributed by atoms with Crippen molar-refractivity contribution in [2.45, 2.75) is 18.8 Å². The molecule has 2 fully saturated rings. The van der Waals surface area contributed by atoms with Crippen LogP contribution in [0.2, 0.25) is 0 Å². The van der Waals surface area contributed by atoms with Gasteiger partial charge in [0.25, 0.3) is 0 Å². The molecule has 0 aliphatic carbocycles. The number of aliphatic hydroxyl groups is 1. The molecule has 16 heavy (non-hydrogen) atoms. The molecule has 1 N–H and O–H groups in total. The number of rotatable bonds is 2. The summed E-state index contributed by atoms with van der Waals surface area (Å²) in [4.78, 5) is 2.38. The van der Waals surface area contributed by atoms with Gasteiger partial charge in [-0.05, 0) is 5.56 Å². The number of fused-ring (bicyclic) bond motifs is 2. The third-order valence-corrected chi connectivity index (χ3v) is 3.57. The molecular weight excluding hydrogens is 202 g/mol. The highest BCUT2D eigenvalue weighted by Crippen LogP contribution is 2.28. The lowest BCUT2D eigenvalue weighted by Crippen LogP contribution is -2.47. The van der Waals surface area contributed by atoms with Crippen LogP contribution in [0, 0.1) is 5.92 Å². The molecule has 3 nitrogen and oxygen atoms in total. The molecule has 0 unspecified atom stereocenters. The molecule has 3 heteroatoms. The van der Waals surface area contributed by atoms with Gasteiger partial charge < -0.3 is 9.84 Å². The summed E-state index contributed by atoms with van der Waals surface area (Å²) in [6, 6.07) is 10.5. The maximum absolute atomic E-state index is 9.84. The number of nitrogens with zero attached hydrogens (tertiary/aromatic N) is 1. The van der Waals surface area contributed by atoms with Crippen molar-refractivity contribution in [2.75, 3.05) is 19.7 Å². The number of hydrogen-bond donors (Lipinski definition) is 1. The fourth-order valence-electron chi connectivity index (χ4n) is 2.70. The average molecular weight is 219 g/mol. The lowest BCUT2D eigenvalue weighted by molar-refractivity contribution is -0.0105. The van der Waals surface area contributed by atoms with E-state index in [0.29, 0.717) is 5.92 Å². The normalized spacial score (nSPS) is 34.2. The van der Waals surface area contributed by atoms with Gasteiger partial charge in [-0.2, -0.15) is 0 Å². The van der Waals surface area contributed by atoms with E-state index in [-0.39, 0.29) is 12.2 Å². The fraction of sp³-hybridized carbons (Fsp3) is 0.538. The zero-order valence-electron chi connectivity index (χ0n) is 9.25. The highest BCUT2D eigenvalue weighted by atomic mass is 16.5. The molecule has 0 radical (unpaired) electrons. The number of piperidine rings is 1. The van der Waals surface area contributed by atoms with Crippen LogP contribution in [0.25, 0.3) is 0 Å². The monoisotopic (exact) mass is 219 g/mol. The minimum absolute atomic E-state index is 0.0301. The zero-order valence-corrected chi connectivity index (χ0v) is 9.25. The second kappa shape index (κ2) is 4.17. The molecule has 2 heterocycles. The first-order valence-electron chi connectivity index (χ1n) is 5.89. The van der Waals surface area contributed by atoms with Crippen molar-refractivity contribution in [2.24, 2.45) is 5.92 Å². The first-order chi connectivity index (χ1) is 7.83. The van der Waals surface area contributed by atoms with Crippen LogP contribution in [0.5, 0.6) is 0 Å². The highest BCUT2D eigenvalue weighted by molar-refractivity contribution is 5.14. The maximum Gasteiger partial charge on any atom is 0.0964 e. The standard InChI is InChI=1S/C13H17NO2/c15-13-11-7-14(8-12(13)16-9-11)6-10-4-2-1-3-5-10/h1-5,11-13,15H,6-9H2/t11-,12+,13-/m1/s1. The third-order valence-electron chi connectivity index (χ3n) is 3.57. The summed E-state index contributed by atoms with van der Waals surface area (Å²) < 4.78 is 5.57. The molecule has 0 amide bonds. The Morgan fingerprint density at radius 3 is 2.81 bits per heavy atom. The predicted molar refractivity (Wildman–Crippen MR) is 61.0 cm³/mol. The molecule has 2 saturated heterocycles. The lowest BCUT2D eigenvalue weighted by Gasteiger charge is -2.33. The van der Waals surface area contributed by atoms with E-state index >= 15 is 0 Å². The molecule has 2 aliphatic heterocycles. The molecule has 0 spiro atoms. The first kappa shape index (κ1) is 10.3. The SMILES string of the molecule is O[C@@H]1[C@H]2CO[C@H]1CN(Cc1ccccc1)C2. The predicted octanol–water partition coefficient (Wildman–Crippen LogP) is 0.878. The van der Waals surface area contributed by atoms with Crippen LogP contribution < -0.4 is 0 Å². The summed E-state index contributed by atoms with van der Waals surface area (Å²) in [6.07, 6.45) is -0.213. The second-order valence-corrected chi connectivity index (χ2v) is 4.80. The quantitative estimate of drug-likeness (QED) is 0.801. The number of ether oxygens (including phenoxy) is 1. The van der Waals surface area contributed by atoms with Gasteiger partial charge in [-0.1, -0.05) is 30.3 Å². The van der Waals surface area contributed by atoms with E-state index in [1.807, 2.05) is 6.07 Å².